The maximum Gasteiger partial charge on any atom is 0.320 e. The predicted octanol–water partition coefficient (Wildman–Crippen LogP) is 3.08. The first-order valence-corrected chi connectivity index (χ1v) is 9.41. The lowest BCUT2D eigenvalue weighted by molar-refractivity contribution is 0.141. The largest absolute Gasteiger partial charge is 0.366 e. The van der Waals surface area contributed by atoms with Crippen LogP contribution in [-0.4, -0.2) is 65.3 Å². The van der Waals surface area contributed by atoms with Crippen LogP contribution in [0.5, 0.6) is 0 Å². The van der Waals surface area contributed by atoms with Crippen LogP contribution in [0.4, 0.5) is 19.3 Å². The van der Waals surface area contributed by atoms with Crippen molar-refractivity contribution in [1.82, 2.24) is 20.0 Å². The number of carbonyl (C=O) groups excluding carboxylic acids is 1. The van der Waals surface area contributed by atoms with Crippen LogP contribution in [-0.2, 0) is 0 Å². The van der Waals surface area contributed by atoms with E-state index in [2.05, 4.69) is 10.2 Å². The van der Waals surface area contributed by atoms with Gasteiger partial charge in [0, 0.05) is 56.6 Å². The third-order valence-electron chi connectivity index (χ3n) is 5.39. The quantitative estimate of drug-likeness (QED) is 0.878. The van der Waals surface area contributed by atoms with Gasteiger partial charge in [0.25, 0.3) is 0 Å². The van der Waals surface area contributed by atoms with Gasteiger partial charge in [0.05, 0.1) is 11.9 Å². The molecule has 27 heavy (non-hydrogen) atoms. The summed E-state index contributed by atoms with van der Waals surface area (Å²) in [5.74, 6) is -1.73. The Labute approximate surface area is 156 Å². The van der Waals surface area contributed by atoms with E-state index in [9.17, 15) is 13.6 Å². The second-order valence-corrected chi connectivity index (χ2v) is 7.05. The zero-order chi connectivity index (χ0) is 18.8. The van der Waals surface area contributed by atoms with Gasteiger partial charge in [0.2, 0.25) is 0 Å². The van der Waals surface area contributed by atoms with Crippen LogP contribution in [0.2, 0.25) is 0 Å². The average Bonchev–Trinajstić information content (AvgIpc) is 3.25. The monoisotopic (exact) mass is 375 g/mol. The van der Waals surface area contributed by atoms with E-state index in [1.807, 2.05) is 9.80 Å². The van der Waals surface area contributed by atoms with E-state index in [1.165, 1.54) is 18.8 Å². The van der Waals surface area contributed by atoms with E-state index in [0.29, 0.717) is 31.7 Å². The molecule has 0 spiro atoms. The summed E-state index contributed by atoms with van der Waals surface area (Å²) < 4.78 is 29.2. The Bertz CT molecular complexity index is 797. The maximum atomic E-state index is 14.6. The van der Waals surface area contributed by atoms with E-state index in [4.69, 9.17) is 0 Å². The molecule has 144 valence electrons. The Morgan fingerprint density at radius 3 is 2.30 bits per heavy atom. The van der Waals surface area contributed by atoms with Crippen LogP contribution in [0.3, 0.4) is 0 Å². The van der Waals surface area contributed by atoms with Gasteiger partial charge in [0.1, 0.15) is 0 Å². The number of rotatable bonds is 2. The minimum Gasteiger partial charge on any atom is -0.366 e. The van der Waals surface area contributed by atoms with Crippen LogP contribution in [0.15, 0.2) is 24.5 Å². The first kappa shape index (κ1) is 17.8. The molecular formula is C19H23F2N5O. The van der Waals surface area contributed by atoms with Gasteiger partial charge < -0.3 is 14.7 Å². The summed E-state index contributed by atoms with van der Waals surface area (Å²) in [6, 6.07) is 3.24. The Morgan fingerprint density at radius 2 is 1.63 bits per heavy atom. The van der Waals surface area contributed by atoms with Crippen molar-refractivity contribution in [3.05, 3.63) is 36.2 Å². The van der Waals surface area contributed by atoms with Gasteiger partial charge in [-0.2, -0.15) is 5.10 Å². The number of H-pyrrole nitrogens is 1. The number of anilines is 1. The third-order valence-corrected chi connectivity index (χ3v) is 5.39. The fourth-order valence-corrected chi connectivity index (χ4v) is 3.83. The predicted molar refractivity (Wildman–Crippen MR) is 98.5 cm³/mol. The minimum atomic E-state index is -0.874. The van der Waals surface area contributed by atoms with Crippen molar-refractivity contribution in [2.24, 2.45) is 0 Å². The summed E-state index contributed by atoms with van der Waals surface area (Å²) >= 11 is 0. The molecule has 6 nitrogen and oxygen atoms in total. The van der Waals surface area contributed by atoms with Crippen molar-refractivity contribution in [1.29, 1.82) is 0 Å². The van der Waals surface area contributed by atoms with Crippen molar-refractivity contribution >= 4 is 11.7 Å². The van der Waals surface area contributed by atoms with Crippen molar-refractivity contribution in [3.63, 3.8) is 0 Å². The maximum absolute atomic E-state index is 14.6. The van der Waals surface area contributed by atoms with Crippen molar-refractivity contribution in [2.75, 3.05) is 44.2 Å². The van der Waals surface area contributed by atoms with Crippen LogP contribution in [0.25, 0.3) is 11.1 Å². The Balaban J connectivity index is 1.44. The molecule has 3 heterocycles. The van der Waals surface area contributed by atoms with E-state index >= 15 is 0 Å². The number of amides is 2. The second-order valence-electron chi connectivity index (χ2n) is 7.05. The fraction of sp³-hybridized carbons (Fsp3) is 0.474. The summed E-state index contributed by atoms with van der Waals surface area (Å²) in [5, 5.41) is 6.38. The van der Waals surface area contributed by atoms with Gasteiger partial charge >= 0.3 is 6.03 Å². The summed E-state index contributed by atoms with van der Waals surface area (Å²) in [6.07, 6.45) is 6.28. The number of carbonyl (C=O) groups is 1. The number of piperidine rings is 1. The smallest absolute Gasteiger partial charge is 0.320 e. The Hall–Kier alpha value is -2.64. The normalized spacial score (nSPS) is 18.1. The number of benzene rings is 1. The molecule has 0 bridgehead atoms. The Kier molecular flexibility index (Phi) is 4.96. The summed E-state index contributed by atoms with van der Waals surface area (Å²) in [6.45, 7) is 3.63. The summed E-state index contributed by atoms with van der Waals surface area (Å²) in [5.41, 5.74) is 0.934. The van der Waals surface area contributed by atoms with Crippen LogP contribution >= 0.6 is 0 Å². The molecule has 2 amide bonds. The number of likely N-dealkylation sites (tertiary alicyclic amines) is 1. The molecule has 0 radical (unpaired) electrons. The van der Waals surface area contributed by atoms with Gasteiger partial charge in [-0.3, -0.25) is 5.10 Å². The number of aromatic amines is 1. The minimum absolute atomic E-state index is 0.0660. The number of halogens is 2. The molecule has 0 saturated carbocycles. The SMILES string of the molecule is O=C(N1CCCCC1)N1CCN(c2ccc(-c3cn[nH]c3)c(F)c2F)CC1. The molecule has 2 aliphatic heterocycles. The molecule has 2 fully saturated rings. The zero-order valence-corrected chi connectivity index (χ0v) is 15.1. The van der Waals surface area contributed by atoms with E-state index in [-0.39, 0.29) is 17.3 Å². The van der Waals surface area contributed by atoms with Crippen molar-refractivity contribution < 1.29 is 13.6 Å². The van der Waals surface area contributed by atoms with Gasteiger partial charge in [-0.15, -0.1) is 0 Å². The fourth-order valence-electron chi connectivity index (χ4n) is 3.83. The first-order valence-electron chi connectivity index (χ1n) is 9.41. The topological polar surface area (TPSA) is 55.5 Å². The molecule has 2 aromatic rings. The molecule has 1 aromatic carbocycles. The molecule has 1 aromatic heterocycles. The van der Waals surface area contributed by atoms with E-state index in [1.54, 1.807) is 17.0 Å². The molecule has 0 atom stereocenters. The standard InChI is InChI=1S/C19H23F2N5O/c20-17-15(14-12-22-23-13-14)4-5-16(18(17)21)24-8-10-26(11-9-24)19(27)25-6-2-1-3-7-25/h4-5,12-13H,1-3,6-11H2,(H,22,23). The number of piperazine rings is 1. The highest BCUT2D eigenvalue weighted by molar-refractivity contribution is 5.75. The number of hydrogen-bond acceptors (Lipinski definition) is 3. The first-order chi connectivity index (χ1) is 13.1. The van der Waals surface area contributed by atoms with Crippen LogP contribution in [0.1, 0.15) is 19.3 Å². The molecule has 0 unspecified atom stereocenters. The number of nitrogens with zero attached hydrogens (tertiary/aromatic N) is 4. The van der Waals surface area contributed by atoms with Gasteiger partial charge in [-0.05, 0) is 31.4 Å². The average molecular weight is 375 g/mol. The second kappa shape index (κ2) is 7.54. The molecule has 0 aliphatic carbocycles. The van der Waals surface area contributed by atoms with Gasteiger partial charge in [0.15, 0.2) is 11.6 Å². The highest BCUT2D eigenvalue weighted by atomic mass is 19.2. The Morgan fingerprint density at radius 1 is 0.926 bits per heavy atom. The highest BCUT2D eigenvalue weighted by Crippen LogP contribution is 2.30. The van der Waals surface area contributed by atoms with E-state index in [0.717, 1.165) is 25.9 Å². The zero-order valence-electron chi connectivity index (χ0n) is 15.1. The highest BCUT2D eigenvalue weighted by Gasteiger charge is 2.28. The molecule has 2 aliphatic rings. The van der Waals surface area contributed by atoms with E-state index < -0.39 is 11.6 Å². The molecule has 8 heteroatoms. The lowest BCUT2D eigenvalue weighted by atomic mass is 10.1. The van der Waals surface area contributed by atoms with Gasteiger partial charge in [-0.25, -0.2) is 13.6 Å². The third kappa shape index (κ3) is 3.48. The molecule has 4 rings (SSSR count). The summed E-state index contributed by atoms with van der Waals surface area (Å²) in [4.78, 5) is 18.1. The lowest BCUT2D eigenvalue weighted by Crippen LogP contribution is -2.53. The van der Waals surface area contributed by atoms with Crippen molar-refractivity contribution in [2.45, 2.75) is 19.3 Å². The number of urea groups is 1. The molecule has 2 saturated heterocycles. The molecule has 1 N–H and O–H groups in total. The number of hydrogen-bond donors (Lipinski definition) is 1. The van der Waals surface area contributed by atoms with Crippen molar-refractivity contribution in [3.8, 4) is 11.1 Å². The lowest BCUT2D eigenvalue weighted by Gasteiger charge is -2.39. The van der Waals surface area contributed by atoms with Gasteiger partial charge in [-0.1, -0.05) is 0 Å². The van der Waals surface area contributed by atoms with Crippen LogP contribution in [0, 0.1) is 11.6 Å². The number of nitrogens with one attached hydrogen (secondary N) is 1. The summed E-state index contributed by atoms with van der Waals surface area (Å²) in [7, 11) is 0. The molecular weight excluding hydrogens is 352 g/mol. The van der Waals surface area contributed by atoms with Crippen LogP contribution < -0.4 is 4.90 Å². The number of aromatic nitrogens is 2.